The molecule has 0 saturated carbocycles. The molecule has 1 saturated heterocycles. The Morgan fingerprint density at radius 3 is 2.44 bits per heavy atom. The Balaban J connectivity index is 0.00000128. The van der Waals surface area contributed by atoms with Crippen molar-refractivity contribution in [3.8, 4) is 0 Å². The third-order valence-corrected chi connectivity index (χ3v) is 3.34. The summed E-state index contributed by atoms with van der Waals surface area (Å²) < 4.78 is 0. The fourth-order valence-corrected chi connectivity index (χ4v) is 2.09. The number of benzene rings is 1. The Kier molecular flexibility index (Phi) is 5.87. The lowest BCUT2D eigenvalue weighted by atomic mass is 10.2. The number of nitrogens with one attached hydrogen (secondary N) is 1. The second kappa shape index (κ2) is 6.67. The zero-order valence-corrected chi connectivity index (χ0v) is 11.2. The van der Waals surface area contributed by atoms with Crippen LogP contribution in [0.25, 0.3) is 0 Å². The largest absolute Gasteiger partial charge is 0.314 e. The maximum Gasteiger partial charge on any atom is 0.0595 e. The second-order valence-electron chi connectivity index (χ2n) is 3.77. The molecule has 0 radical (unpaired) electrons. The molecule has 1 aromatic rings. The van der Waals surface area contributed by atoms with Crippen molar-refractivity contribution in [2.24, 2.45) is 0 Å². The van der Waals surface area contributed by atoms with Gasteiger partial charge in [0.05, 0.1) is 10.0 Å². The van der Waals surface area contributed by atoms with E-state index in [-0.39, 0.29) is 12.4 Å². The van der Waals surface area contributed by atoms with Gasteiger partial charge in [0.1, 0.15) is 0 Å². The first kappa shape index (κ1) is 14.1. The first-order valence-electron chi connectivity index (χ1n) is 5.13. The molecule has 1 N–H and O–H groups in total. The smallest absolute Gasteiger partial charge is 0.0595 e. The van der Waals surface area contributed by atoms with Crippen LogP contribution in [0.4, 0.5) is 0 Å². The van der Waals surface area contributed by atoms with Crippen molar-refractivity contribution < 1.29 is 0 Å². The number of hydrogen-bond acceptors (Lipinski definition) is 2. The molecular weight excluding hydrogens is 266 g/mol. The lowest BCUT2D eigenvalue weighted by Crippen LogP contribution is -2.42. The molecule has 0 unspecified atom stereocenters. The van der Waals surface area contributed by atoms with E-state index < -0.39 is 0 Å². The summed E-state index contributed by atoms with van der Waals surface area (Å²) in [5, 5.41) is 4.60. The SMILES string of the molecule is Cl.Clc1ccc(CN2CCNCC2)cc1Cl. The molecule has 0 atom stereocenters. The Labute approximate surface area is 112 Å². The quantitative estimate of drug-likeness (QED) is 0.897. The number of piperazine rings is 1. The summed E-state index contributed by atoms with van der Waals surface area (Å²) in [6.07, 6.45) is 0. The molecule has 0 aromatic heterocycles. The van der Waals surface area contributed by atoms with Crippen LogP contribution in [-0.4, -0.2) is 31.1 Å². The van der Waals surface area contributed by atoms with E-state index in [2.05, 4.69) is 10.2 Å². The summed E-state index contributed by atoms with van der Waals surface area (Å²) >= 11 is 11.8. The van der Waals surface area contributed by atoms with Crippen molar-refractivity contribution >= 4 is 35.6 Å². The molecule has 2 rings (SSSR count). The number of rotatable bonds is 2. The number of nitrogens with zero attached hydrogens (tertiary/aromatic N) is 1. The molecule has 5 heteroatoms. The first-order chi connectivity index (χ1) is 7.25. The Morgan fingerprint density at radius 1 is 1.12 bits per heavy atom. The highest BCUT2D eigenvalue weighted by atomic mass is 35.5. The van der Waals surface area contributed by atoms with Crippen molar-refractivity contribution in [3.63, 3.8) is 0 Å². The summed E-state index contributed by atoms with van der Waals surface area (Å²) in [5.74, 6) is 0. The van der Waals surface area contributed by atoms with E-state index in [4.69, 9.17) is 23.2 Å². The van der Waals surface area contributed by atoms with Gasteiger partial charge in [-0.25, -0.2) is 0 Å². The third kappa shape index (κ3) is 3.79. The van der Waals surface area contributed by atoms with E-state index in [9.17, 15) is 0 Å². The highest BCUT2D eigenvalue weighted by molar-refractivity contribution is 6.42. The minimum Gasteiger partial charge on any atom is -0.314 e. The van der Waals surface area contributed by atoms with Crippen LogP contribution in [0.5, 0.6) is 0 Å². The van der Waals surface area contributed by atoms with E-state index in [1.807, 2.05) is 18.2 Å². The van der Waals surface area contributed by atoms with Crippen molar-refractivity contribution in [2.45, 2.75) is 6.54 Å². The van der Waals surface area contributed by atoms with Crippen molar-refractivity contribution in [1.82, 2.24) is 10.2 Å². The highest BCUT2D eigenvalue weighted by Gasteiger charge is 2.10. The Hall–Kier alpha value is 0.01000. The Bertz CT molecular complexity index is 338. The van der Waals surface area contributed by atoms with Gasteiger partial charge in [0.25, 0.3) is 0 Å². The molecule has 2 nitrogen and oxygen atoms in total. The zero-order chi connectivity index (χ0) is 10.7. The van der Waals surface area contributed by atoms with Crippen LogP contribution in [0.1, 0.15) is 5.56 Å². The van der Waals surface area contributed by atoms with Crippen LogP contribution < -0.4 is 5.32 Å². The van der Waals surface area contributed by atoms with Crippen LogP contribution in [0.2, 0.25) is 10.0 Å². The van der Waals surface area contributed by atoms with Crippen molar-refractivity contribution in [3.05, 3.63) is 33.8 Å². The fourth-order valence-electron chi connectivity index (χ4n) is 1.77. The van der Waals surface area contributed by atoms with Gasteiger partial charge >= 0.3 is 0 Å². The molecule has 1 aliphatic rings. The molecule has 16 heavy (non-hydrogen) atoms. The van der Waals surface area contributed by atoms with Gasteiger partial charge in [0.15, 0.2) is 0 Å². The average Bonchev–Trinajstić information content (AvgIpc) is 2.25. The summed E-state index contributed by atoms with van der Waals surface area (Å²) in [6.45, 7) is 5.29. The average molecular weight is 282 g/mol. The molecule has 0 amide bonds. The summed E-state index contributed by atoms with van der Waals surface area (Å²) in [4.78, 5) is 2.41. The topological polar surface area (TPSA) is 15.3 Å². The van der Waals surface area contributed by atoms with E-state index >= 15 is 0 Å². The van der Waals surface area contributed by atoms with Crippen LogP contribution >= 0.6 is 35.6 Å². The number of hydrogen-bond donors (Lipinski definition) is 1. The molecular formula is C11H15Cl3N2. The van der Waals surface area contributed by atoms with Gasteiger partial charge in [0, 0.05) is 32.7 Å². The molecule has 0 aliphatic carbocycles. The summed E-state index contributed by atoms with van der Waals surface area (Å²) in [6, 6.07) is 5.85. The summed E-state index contributed by atoms with van der Waals surface area (Å²) in [5.41, 5.74) is 1.23. The number of halogens is 3. The fraction of sp³-hybridized carbons (Fsp3) is 0.455. The van der Waals surface area contributed by atoms with E-state index in [0.717, 1.165) is 32.7 Å². The van der Waals surface area contributed by atoms with Crippen LogP contribution in [0.15, 0.2) is 18.2 Å². The van der Waals surface area contributed by atoms with Gasteiger partial charge < -0.3 is 5.32 Å². The molecule has 1 fully saturated rings. The molecule has 0 spiro atoms. The van der Waals surface area contributed by atoms with Crippen molar-refractivity contribution in [2.75, 3.05) is 26.2 Å². The maximum absolute atomic E-state index is 5.97. The standard InChI is InChI=1S/C11H14Cl2N2.ClH/c12-10-2-1-9(7-11(10)13)8-15-5-3-14-4-6-15;/h1-2,7,14H,3-6,8H2;1H. The normalized spacial score (nSPS) is 16.9. The van der Waals surface area contributed by atoms with E-state index in [1.54, 1.807) is 0 Å². The molecule has 90 valence electrons. The van der Waals surface area contributed by atoms with Gasteiger partial charge in [-0.15, -0.1) is 12.4 Å². The minimum absolute atomic E-state index is 0. The Morgan fingerprint density at radius 2 is 1.81 bits per heavy atom. The lowest BCUT2D eigenvalue weighted by molar-refractivity contribution is 0.233. The highest BCUT2D eigenvalue weighted by Crippen LogP contribution is 2.23. The van der Waals surface area contributed by atoms with E-state index in [1.165, 1.54) is 5.56 Å². The first-order valence-corrected chi connectivity index (χ1v) is 5.88. The van der Waals surface area contributed by atoms with Gasteiger partial charge in [-0.05, 0) is 17.7 Å². The predicted molar refractivity (Wildman–Crippen MR) is 71.9 cm³/mol. The monoisotopic (exact) mass is 280 g/mol. The van der Waals surface area contributed by atoms with Crippen molar-refractivity contribution in [1.29, 1.82) is 0 Å². The van der Waals surface area contributed by atoms with Gasteiger partial charge in [0.2, 0.25) is 0 Å². The van der Waals surface area contributed by atoms with E-state index in [0.29, 0.717) is 10.0 Å². The zero-order valence-electron chi connectivity index (χ0n) is 8.88. The van der Waals surface area contributed by atoms with Gasteiger partial charge in [-0.1, -0.05) is 29.3 Å². The maximum atomic E-state index is 5.97. The molecule has 0 bridgehead atoms. The van der Waals surface area contributed by atoms with Crippen LogP contribution in [-0.2, 0) is 6.54 Å². The predicted octanol–water partition coefficient (Wildman–Crippen LogP) is 2.82. The van der Waals surface area contributed by atoms with Gasteiger partial charge in [-0.3, -0.25) is 4.90 Å². The van der Waals surface area contributed by atoms with Gasteiger partial charge in [-0.2, -0.15) is 0 Å². The molecule has 1 aromatic carbocycles. The molecule has 1 heterocycles. The second-order valence-corrected chi connectivity index (χ2v) is 4.59. The molecule has 1 aliphatic heterocycles. The third-order valence-electron chi connectivity index (χ3n) is 2.60. The van der Waals surface area contributed by atoms with Crippen LogP contribution in [0, 0.1) is 0 Å². The van der Waals surface area contributed by atoms with Crippen LogP contribution in [0.3, 0.4) is 0 Å². The summed E-state index contributed by atoms with van der Waals surface area (Å²) in [7, 11) is 0. The minimum atomic E-state index is 0. The lowest BCUT2D eigenvalue weighted by Gasteiger charge is -2.27.